The van der Waals surface area contributed by atoms with Crippen LogP contribution in [-0.2, 0) is 6.42 Å². The second-order valence-corrected chi connectivity index (χ2v) is 6.15. The first kappa shape index (κ1) is 16.4. The van der Waals surface area contributed by atoms with Gasteiger partial charge in [-0.3, -0.25) is 0 Å². The molecule has 1 N–H and O–H groups in total. The molecule has 0 amide bonds. The van der Waals surface area contributed by atoms with E-state index in [0.29, 0.717) is 5.75 Å². The maximum absolute atomic E-state index is 13.5. The van der Waals surface area contributed by atoms with E-state index in [-0.39, 0.29) is 16.5 Å². The second kappa shape index (κ2) is 6.85. The van der Waals surface area contributed by atoms with Crippen LogP contribution < -0.4 is 4.74 Å². The van der Waals surface area contributed by atoms with Gasteiger partial charge in [0.05, 0.1) is 17.7 Å². The largest absolute Gasteiger partial charge is 0.496 e. The highest BCUT2D eigenvalue weighted by Gasteiger charge is 2.19. The molecular formula is C15H12Br2F2O2. The molecule has 0 bridgehead atoms. The maximum Gasteiger partial charge on any atom is 0.173 e. The van der Waals surface area contributed by atoms with Crippen molar-refractivity contribution in [2.75, 3.05) is 7.11 Å². The van der Waals surface area contributed by atoms with E-state index < -0.39 is 17.7 Å². The number of aliphatic hydroxyl groups excluding tert-OH is 1. The van der Waals surface area contributed by atoms with Gasteiger partial charge in [0.25, 0.3) is 0 Å². The van der Waals surface area contributed by atoms with Gasteiger partial charge in [-0.25, -0.2) is 8.78 Å². The summed E-state index contributed by atoms with van der Waals surface area (Å²) in [7, 11) is 1.53. The Morgan fingerprint density at radius 3 is 2.57 bits per heavy atom. The van der Waals surface area contributed by atoms with Gasteiger partial charge in [-0.2, -0.15) is 0 Å². The third-order valence-corrected chi connectivity index (χ3v) is 4.38. The van der Waals surface area contributed by atoms with Crippen LogP contribution in [0.1, 0.15) is 17.2 Å². The standard InChI is InChI=1S/C15H12Br2F2O2/c1-21-13-5-2-9(16)6-8(13)7-12(20)10-3-4-11(18)15(19)14(10)17/h2-6,12,20H,7H2,1H3. The van der Waals surface area contributed by atoms with E-state index in [0.717, 1.165) is 16.1 Å². The van der Waals surface area contributed by atoms with E-state index in [9.17, 15) is 13.9 Å². The van der Waals surface area contributed by atoms with Crippen LogP contribution >= 0.6 is 31.9 Å². The molecule has 1 unspecified atom stereocenters. The first-order valence-electron chi connectivity index (χ1n) is 6.08. The van der Waals surface area contributed by atoms with Crippen LogP contribution in [0.5, 0.6) is 5.75 Å². The second-order valence-electron chi connectivity index (χ2n) is 4.44. The summed E-state index contributed by atoms with van der Waals surface area (Å²) in [4.78, 5) is 0. The highest BCUT2D eigenvalue weighted by Crippen LogP contribution is 2.32. The van der Waals surface area contributed by atoms with Crippen LogP contribution in [0.15, 0.2) is 39.3 Å². The van der Waals surface area contributed by atoms with Crippen molar-refractivity contribution in [3.8, 4) is 5.75 Å². The van der Waals surface area contributed by atoms with Crippen molar-refractivity contribution in [3.05, 3.63) is 62.0 Å². The number of hydrogen-bond acceptors (Lipinski definition) is 2. The van der Waals surface area contributed by atoms with Gasteiger partial charge in [0.2, 0.25) is 0 Å². The molecule has 0 aliphatic carbocycles. The summed E-state index contributed by atoms with van der Waals surface area (Å²) in [6, 6.07) is 7.76. The van der Waals surface area contributed by atoms with Crippen LogP contribution in [0.4, 0.5) is 8.78 Å². The van der Waals surface area contributed by atoms with E-state index in [4.69, 9.17) is 4.74 Å². The van der Waals surface area contributed by atoms with E-state index in [1.807, 2.05) is 12.1 Å². The summed E-state index contributed by atoms with van der Waals surface area (Å²) in [5.41, 5.74) is 1.05. The van der Waals surface area contributed by atoms with Crippen molar-refractivity contribution in [2.24, 2.45) is 0 Å². The van der Waals surface area contributed by atoms with Crippen molar-refractivity contribution >= 4 is 31.9 Å². The minimum absolute atomic E-state index is 0.0658. The number of rotatable bonds is 4. The Bertz CT molecular complexity index is 662. The average Bonchev–Trinajstić information content (AvgIpc) is 2.45. The zero-order valence-electron chi connectivity index (χ0n) is 11.0. The van der Waals surface area contributed by atoms with Gasteiger partial charge in [-0.15, -0.1) is 0 Å². The van der Waals surface area contributed by atoms with Crippen LogP contribution in [0.3, 0.4) is 0 Å². The number of hydrogen-bond donors (Lipinski definition) is 1. The van der Waals surface area contributed by atoms with Crippen molar-refractivity contribution in [1.29, 1.82) is 0 Å². The van der Waals surface area contributed by atoms with Gasteiger partial charge in [0.15, 0.2) is 11.6 Å². The molecule has 0 saturated carbocycles. The summed E-state index contributed by atoms with van der Waals surface area (Å²) >= 11 is 6.33. The van der Waals surface area contributed by atoms with E-state index in [1.54, 1.807) is 6.07 Å². The van der Waals surface area contributed by atoms with E-state index >= 15 is 0 Å². The zero-order chi connectivity index (χ0) is 15.6. The lowest BCUT2D eigenvalue weighted by atomic mass is 10.0. The third kappa shape index (κ3) is 3.62. The van der Waals surface area contributed by atoms with E-state index in [1.165, 1.54) is 13.2 Å². The summed E-state index contributed by atoms with van der Waals surface area (Å²) in [5.74, 6) is -1.35. The van der Waals surface area contributed by atoms with Crippen molar-refractivity contribution in [2.45, 2.75) is 12.5 Å². The molecule has 0 aliphatic rings. The minimum Gasteiger partial charge on any atom is -0.496 e. The highest BCUT2D eigenvalue weighted by atomic mass is 79.9. The average molecular weight is 422 g/mol. The van der Waals surface area contributed by atoms with Crippen LogP contribution in [0.2, 0.25) is 0 Å². The van der Waals surface area contributed by atoms with Crippen molar-refractivity contribution in [3.63, 3.8) is 0 Å². The fraction of sp³-hybridized carbons (Fsp3) is 0.200. The maximum atomic E-state index is 13.5. The quantitative estimate of drug-likeness (QED) is 0.720. The van der Waals surface area contributed by atoms with Gasteiger partial charge in [-0.05, 0) is 51.3 Å². The summed E-state index contributed by atoms with van der Waals surface area (Å²) in [6.45, 7) is 0. The normalized spacial score (nSPS) is 12.3. The highest BCUT2D eigenvalue weighted by molar-refractivity contribution is 9.10. The molecule has 21 heavy (non-hydrogen) atoms. The molecule has 0 heterocycles. The predicted octanol–water partition coefficient (Wildman–Crippen LogP) is 4.77. The van der Waals surface area contributed by atoms with Crippen LogP contribution in [0, 0.1) is 11.6 Å². The summed E-state index contributed by atoms with van der Waals surface area (Å²) < 4.78 is 32.7. The molecule has 112 valence electrons. The fourth-order valence-corrected chi connectivity index (χ4v) is 3.02. The van der Waals surface area contributed by atoms with Gasteiger partial charge in [-0.1, -0.05) is 22.0 Å². The van der Waals surface area contributed by atoms with Crippen molar-refractivity contribution in [1.82, 2.24) is 0 Å². The molecule has 0 radical (unpaired) electrons. The Hall–Kier alpha value is -0.980. The lowest BCUT2D eigenvalue weighted by molar-refractivity contribution is 0.175. The molecule has 2 rings (SSSR count). The van der Waals surface area contributed by atoms with Gasteiger partial charge in [0, 0.05) is 10.9 Å². The minimum atomic E-state index is -1.01. The molecule has 0 fully saturated rings. The molecule has 0 saturated heterocycles. The molecule has 6 heteroatoms. The molecule has 2 nitrogen and oxygen atoms in total. The monoisotopic (exact) mass is 420 g/mol. The van der Waals surface area contributed by atoms with Crippen LogP contribution in [-0.4, -0.2) is 12.2 Å². The third-order valence-electron chi connectivity index (χ3n) is 3.08. The first-order chi connectivity index (χ1) is 9.93. The summed E-state index contributed by atoms with van der Waals surface area (Å²) in [6.07, 6.45) is -0.774. The first-order valence-corrected chi connectivity index (χ1v) is 7.66. The number of methoxy groups -OCH3 is 1. The molecule has 0 spiro atoms. The Kier molecular flexibility index (Phi) is 5.35. The number of benzene rings is 2. The molecule has 0 aromatic heterocycles. The SMILES string of the molecule is COc1ccc(Br)cc1CC(O)c1ccc(F)c(F)c1Br. The number of aliphatic hydroxyl groups is 1. The van der Waals surface area contributed by atoms with Gasteiger partial charge < -0.3 is 9.84 Å². The number of halogens is 4. The topological polar surface area (TPSA) is 29.5 Å². The lowest BCUT2D eigenvalue weighted by Gasteiger charge is -2.16. The molecule has 2 aromatic carbocycles. The summed E-state index contributed by atoms with van der Waals surface area (Å²) in [5, 5.41) is 10.3. The molecule has 0 aliphatic heterocycles. The Labute approximate surface area is 138 Å². The smallest absolute Gasteiger partial charge is 0.173 e. The Morgan fingerprint density at radius 1 is 1.19 bits per heavy atom. The molecular weight excluding hydrogens is 410 g/mol. The Morgan fingerprint density at radius 2 is 1.90 bits per heavy atom. The molecule has 1 atom stereocenters. The fourth-order valence-electron chi connectivity index (χ4n) is 2.02. The van der Waals surface area contributed by atoms with Gasteiger partial charge in [0.1, 0.15) is 5.75 Å². The van der Waals surface area contributed by atoms with Crippen LogP contribution in [0.25, 0.3) is 0 Å². The Balaban J connectivity index is 2.32. The van der Waals surface area contributed by atoms with E-state index in [2.05, 4.69) is 31.9 Å². The number of ether oxygens (including phenoxy) is 1. The zero-order valence-corrected chi connectivity index (χ0v) is 14.2. The van der Waals surface area contributed by atoms with Crippen molar-refractivity contribution < 1.29 is 18.6 Å². The molecule has 2 aromatic rings. The predicted molar refractivity (Wildman–Crippen MR) is 83.4 cm³/mol. The van der Waals surface area contributed by atoms with Gasteiger partial charge >= 0.3 is 0 Å². The lowest BCUT2D eigenvalue weighted by Crippen LogP contribution is -2.06.